The normalized spacial score (nSPS) is 15.0. The molecule has 0 spiro atoms. The van der Waals surface area contributed by atoms with Crippen molar-refractivity contribution in [2.24, 2.45) is 37.7 Å². The first kappa shape index (κ1) is 25.0. The number of azo groups is 1. The lowest BCUT2D eigenvalue weighted by atomic mass is 9.98. The highest BCUT2D eigenvalue weighted by atomic mass is 32.2. The first-order valence-corrected chi connectivity index (χ1v) is 13.6. The molecule has 1 aromatic heterocycles. The van der Waals surface area contributed by atoms with Crippen LogP contribution in [0.25, 0.3) is 22.2 Å². The molecule has 0 amide bonds. The van der Waals surface area contributed by atoms with Crippen LogP contribution in [0.4, 0.5) is 0 Å². The number of sulfone groups is 1. The Kier molecular flexibility index (Phi) is 6.81. The van der Waals surface area contributed by atoms with Crippen LogP contribution in [0.5, 0.6) is 0 Å². The fourth-order valence-corrected chi connectivity index (χ4v) is 7.10. The Morgan fingerprint density at radius 3 is 2.49 bits per heavy atom. The quantitative estimate of drug-likeness (QED) is 0.254. The third-order valence-corrected chi connectivity index (χ3v) is 8.54. The van der Waals surface area contributed by atoms with E-state index in [1.807, 2.05) is 0 Å². The smallest absolute Gasteiger partial charge is 0.240 e. The molecule has 0 aliphatic carbocycles. The first-order valence-electron chi connectivity index (χ1n) is 10.4. The van der Waals surface area contributed by atoms with Crippen molar-refractivity contribution < 1.29 is 21.9 Å². The number of nitrogens with zero attached hydrogens (tertiary/aromatic N) is 4. The fourth-order valence-electron chi connectivity index (χ4n) is 3.83. The zero-order valence-electron chi connectivity index (χ0n) is 18.4. The number of aliphatic imine (C=N–C) groups is 1. The Labute approximate surface area is 201 Å². The Balaban J connectivity index is 2.02. The molecule has 0 saturated carbocycles. The third kappa shape index (κ3) is 4.86. The summed E-state index contributed by atoms with van der Waals surface area (Å²) in [4.78, 5) is 10.4. The minimum absolute atomic E-state index is 0.0466. The Hall–Kier alpha value is -3.08. The van der Waals surface area contributed by atoms with Gasteiger partial charge in [0, 0.05) is 18.1 Å². The Morgan fingerprint density at radius 2 is 1.89 bits per heavy atom. The predicted octanol–water partition coefficient (Wildman–Crippen LogP) is -0.153. The second kappa shape index (κ2) is 9.52. The van der Waals surface area contributed by atoms with E-state index in [2.05, 4.69) is 25.2 Å². The van der Waals surface area contributed by atoms with Gasteiger partial charge >= 0.3 is 0 Å². The minimum Gasteiger partial charge on any atom is -0.396 e. The number of aliphatic hydroxyl groups is 1. The number of aliphatic hydroxyl groups excluding tert-OH is 1. The van der Waals surface area contributed by atoms with Crippen molar-refractivity contribution in [2.45, 2.75) is 16.3 Å². The minimum atomic E-state index is -4.60. The third-order valence-electron chi connectivity index (χ3n) is 5.50. The van der Waals surface area contributed by atoms with Crippen LogP contribution in [-0.4, -0.2) is 63.3 Å². The topological polar surface area (TPSA) is 232 Å². The Bertz CT molecular complexity index is 1560. The van der Waals surface area contributed by atoms with E-state index in [1.165, 1.54) is 12.1 Å². The molecule has 2 heterocycles. The van der Waals surface area contributed by atoms with Gasteiger partial charge in [-0.1, -0.05) is 12.1 Å². The summed E-state index contributed by atoms with van der Waals surface area (Å²) in [6, 6.07) is 7.78. The summed E-state index contributed by atoms with van der Waals surface area (Å²) in [6.45, 7) is -0.441. The van der Waals surface area contributed by atoms with Crippen LogP contribution in [0.3, 0.4) is 0 Å². The molecule has 35 heavy (non-hydrogen) atoms. The van der Waals surface area contributed by atoms with Gasteiger partial charge in [-0.2, -0.15) is 5.11 Å². The van der Waals surface area contributed by atoms with Crippen molar-refractivity contribution in [3.63, 3.8) is 0 Å². The number of imidazole rings is 1. The molecule has 0 fully saturated rings. The average Bonchev–Trinajstić information content (AvgIpc) is 3.50. The molecule has 0 bridgehead atoms. The second-order valence-corrected chi connectivity index (χ2v) is 11.4. The van der Waals surface area contributed by atoms with Gasteiger partial charge in [0.2, 0.25) is 10.0 Å². The van der Waals surface area contributed by atoms with E-state index in [-0.39, 0.29) is 31.2 Å². The van der Waals surface area contributed by atoms with Crippen LogP contribution in [0.2, 0.25) is 0 Å². The molecule has 1 aliphatic rings. The average molecular weight is 521 g/mol. The zero-order chi connectivity index (χ0) is 25.4. The molecule has 0 radical (unpaired) electrons. The van der Waals surface area contributed by atoms with Gasteiger partial charge in [0.25, 0.3) is 0 Å². The number of nitrogens with two attached hydrogens (primary N) is 3. The maximum Gasteiger partial charge on any atom is 0.240 e. The van der Waals surface area contributed by atoms with Crippen molar-refractivity contribution in [3.8, 4) is 11.1 Å². The molecule has 0 saturated heterocycles. The van der Waals surface area contributed by atoms with E-state index in [1.54, 1.807) is 18.2 Å². The number of hydrogen-bond acceptors (Lipinski definition) is 11. The van der Waals surface area contributed by atoms with Crippen LogP contribution in [-0.2, 0) is 26.4 Å². The monoisotopic (exact) mass is 520 g/mol. The first-order chi connectivity index (χ1) is 16.6. The van der Waals surface area contributed by atoms with Crippen molar-refractivity contribution in [1.29, 1.82) is 0 Å². The zero-order valence-corrected chi connectivity index (χ0v) is 20.1. The molecule has 186 valence electrons. The summed E-state index contributed by atoms with van der Waals surface area (Å²) in [5.41, 5.74) is 13.3. The van der Waals surface area contributed by atoms with E-state index in [0.717, 1.165) is 0 Å². The number of primary sulfonamides is 1. The second-order valence-electron chi connectivity index (χ2n) is 7.91. The number of H-pyrrole nitrogens is 1. The van der Waals surface area contributed by atoms with Gasteiger partial charge < -0.3 is 21.6 Å². The number of hydrogen-bond donors (Lipinski definition) is 5. The molecule has 8 N–H and O–H groups in total. The number of amidine groups is 1. The number of fused-ring (bicyclic) bond motifs is 1. The van der Waals surface area contributed by atoms with E-state index in [0.29, 0.717) is 28.0 Å². The number of rotatable bonds is 9. The number of nitrogens with one attached hydrogen (secondary N) is 1. The Morgan fingerprint density at radius 1 is 1.11 bits per heavy atom. The molecule has 2 aromatic carbocycles. The molecule has 0 unspecified atom stereocenters. The van der Waals surface area contributed by atoms with Gasteiger partial charge in [-0.25, -0.2) is 32.0 Å². The molecule has 4 rings (SSSR count). The summed E-state index contributed by atoms with van der Waals surface area (Å²) in [5, 5.41) is 22.7. The van der Waals surface area contributed by atoms with Crippen molar-refractivity contribution >= 4 is 36.7 Å². The number of aromatic amines is 1. The van der Waals surface area contributed by atoms with Crippen LogP contribution in [0.15, 0.2) is 55.3 Å². The summed E-state index contributed by atoms with van der Waals surface area (Å²) in [6.07, 6.45) is 0. The van der Waals surface area contributed by atoms with Crippen LogP contribution < -0.4 is 16.6 Å². The molecule has 1 aliphatic heterocycles. The maximum atomic E-state index is 13.2. The molecule has 1 atom stereocenters. The van der Waals surface area contributed by atoms with Gasteiger partial charge in [0.15, 0.2) is 22.3 Å². The van der Waals surface area contributed by atoms with Crippen LogP contribution in [0, 0.1) is 5.92 Å². The number of benzene rings is 2. The summed E-state index contributed by atoms with van der Waals surface area (Å²) >= 11 is 0. The van der Waals surface area contributed by atoms with E-state index < -0.39 is 47.9 Å². The number of sulfonamides is 1. The standard InChI is InChI=1S/C20H24N8O5S2/c21-6-11(8-29)9-34(30,31)16-4-2-13(12-1-3-14-15(5-12)27-17(7-22)26-14)18(19(16)35(23,32)33)20-24-10-25-28-20/h1-5,11,29H,6-10,21-22H2,(H,26,27)(H2,23,32,33)/t11-/m0/s1. The highest BCUT2D eigenvalue weighted by Gasteiger charge is 2.33. The van der Waals surface area contributed by atoms with Gasteiger partial charge in [0.05, 0.1) is 28.2 Å². The highest BCUT2D eigenvalue weighted by molar-refractivity contribution is 7.93. The SMILES string of the molecule is NCc1nc2ccc(-c3ccc(S(=O)(=O)C[C@@H](CN)CO)c(S(N)(=O)=O)c3C3=NCN=N3)cc2[nH]1. The summed E-state index contributed by atoms with van der Waals surface area (Å²) in [5.74, 6) is -0.862. The van der Waals surface area contributed by atoms with E-state index >= 15 is 0 Å². The van der Waals surface area contributed by atoms with Crippen LogP contribution in [0.1, 0.15) is 11.4 Å². The predicted molar refractivity (Wildman–Crippen MR) is 129 cm³/mol. The largest absolute Gasteiger partial charge is 0.396 e. The number of aromatic nitrogens is 2. The van der Waals surface area contributed by atoms with E-state index in [9.17, 15) is 21.9 Å². The summed E-state index contributed by atoms with van der Waals surface area (Å²) in [7, 11) is -8.84. The van der Waals surface area contributed by atoms with Crippen molar-refractivity contribution in [2.75, 3.05) is 25.6 Å². The van der Waals surface area contributed by atoms with Crippen molar-refractivity contribution in [3.05, 3.63) is 41.7 Å². The molecule has 15 heteroatoms. The summed E-state index contributed by atoms with van der Waals surface area (Å²) < 4.78 is 52.1. The molecular weight excluding hydrogens is 496 g/mol. The van der Waals surface area contributed by atoms with Gasteiger partial charge in [0.1, 0.15) is 10.7 Å². The van der Waals surface area contributed by atoms with E-state index in [4.69, 9.17) is 16.6 Å². The molecule has 13 nitrogen and oxygen atoms in total. The lowest BCUT2D eigenvalue weighted by molar-refractivity contribution is 0.242. The highest BCUT2D eigenvalue weighted by Crippen LogP contribution is 2.36. The van der Waals surface area contributed by atoms with Gasteiger partial charge in [-0.3, -0.25) is 0 Å². The van der Waals surface area contributed by atoms with Gasteiger partial charge in [-0.05, 0) is 35.9 Å². The molecular formula is C20H24N8O5S2. The van der Waals surface area contributed by atoms with Crippen molar-refractivity contribution in [1.82, 2.24) is 9.97 Å². The van der Waals surface area contributed by atoms with Crippen LogP contribution >= 0.6 is 0 Å². The molecule has 3 aromatic rings. The lowest BCUT2D eigenvalue weighted by Crippen LogP contribution is -2.28. The van der Waals surface area contributed by atoms with Gasteiger partial charge in [-0.15, -0.1) is 5.11 Å². The fraction of sp³-hybridized carbons (Fsp3) is 0.300. The lowest BCUT2D eigenvalue weighted by Gasteiger charge is -2.18. The maximum absolute atomic E-state index is 13.2.